The van der Waals surface area contributed by atoms with E-state index in [9.17, 15) is 0 Å². The van der Waals surface area contributed by atoms with Crippen molar-refractivity contribution in [1.82, 2.24) is 5.48 Å². The number of hydrogen-bond acceptors (Lipinski definition) is 3. The van der Waals surface area contributed by atoms with Crippen LogP contribution in [0.25, 0.3) is 0 Å². The van der Waals surface area contributed by atoms with Gasteiger partial charge in [-0.3, -0.25) is 0 Å². The molecule has 1 heterocycles. The Bertz CT molecular complexity index is 198. The third-order valence-corrected chi connectivity index (χ3v) is 4.39. The van der Waals surface area contributed by atoms with Gasteiger partial charge in [-0.1, -0.05) is 0 Å². The van der Waals surface area contributed by atoms with E-state index in [-0.39, 0.29) is 6.17 Å². The quantitative estimate of drug-likeness (QED) is 0.713. The van der Waals surface area contributed by atoms with Gasteiger partial charge in [-0.2, -0.15) is 0 Å². The van der Waals surface area contributed by atoms with Crippen LogP contribution in [0.15, 0.2) is 4.99 Å². The van der Waals surface area contributed by atoms with Crippen LogP contribution >= 0.6 is 10.0 Å². The van der Waals surface area contributed by atoms with Crippen molar-refractivity contribution in [2.24, 2.45) is 4.99 Å². The predicted octanol–water partition coefficient (Wildman–Crippen LogP) is 1.35. The standard InChI is InChI=1S/C8H18N2OS/c1-6(12(3,4)5)8-9-7(2)10-11-8/h6-7,10H,1-5H3. The second-order valence-electron chi connectivity index (χ2n) is 3.94. The lowest BCUT2D eigenvalue weighted by atomic mass is 10.5. The van der Waals surface area contributed by atoms with Crippen LogP contribution in [0.3, 0.4) is 0 Å². The number of hydrogen-bond donors (Lipinski definition) is 1. The first kappa shape index (κ1) is 9.86. The summed E-state index contributed by atoms with van der Waals surface area (Å²) in [5, 5.41) is 0.440. The van der Waals surface area contributed by atoms with Crippen molar-refractivity contribution in [1.29, 1.82) is 0 Å². The molecule has 3 nitrogen and oxygen atoms in total. The van der Waals surface area contributed by atoms with Crippen LogP contribution in [0.2, 0.25) is 0 Å². The maximum absolute atomic E-state index is 5.27. The SMILES string of the molecule is CC1N=C(C(C)S(C)(C)C)ON1. The molecule has 1 rings (SSSR count). The normalized spacial score (nSPS) is 27.8. The number of aliphatic imine (C=N–C) groups is 1. The topological polar surface area (TPSA) is 33.6 Å². The molecule has 1 aliphatic rings. The molecule has 0 aromatic rings. The van der Waals surface area contributed by atoms with Crippen molar-refractivity contribution in [3.05, 3.63) is 0 Å². The van der Waals surface area contributed by atoms with E-state index in [4.69, 9.17) is 4.84 Å². The Labute approximate surface area is 75.9 Å². The minimum atomic E-state index is -0.605. The molecule has 0 radical (unpaired) electrons. The average molecular weight is 190 g/mol. The zero-order valence-corrected chi connectivity index (χ0v) is 9.23. The van der Waals surface area contributed by atoms with Gasteiger partial charge < -0.3 is 4.84 Å². The van der Waals surface area contributed by atoms with Crippen molar-refractivity contribution >= 4 is 15.9 Å². The first-order valence-electron chi connectivity index (χ1n) is 4.08. The Hall–Kier alpha value is -0.220. The summed E-state index contributed by atoms with van der Waals surface area (Å²) in [5.41, 5.74) is 2.83. The molecule has 1 N–H and O–H groups in total. The van der Waals surface area contributed by atoms with E-state index >= 15 is 0 Å². The van der Waals surface area contributed by atoms with Gasteiger partial charge >= 0.3 is 0 Å². The Kier molecular flexibility index (Phi) is 2.68. The van der Waals surface area contributed by atoms with E-state index in [1.54, 1.807) is 0 Å². The van der Waals surface area contributed by atoms with E-state index in [0.717, 1.165) is 5.90 Å². The van der Waals surface area contributed by atoms with E-state index < -0.39 is 10.0 Å². The molecule has 0 aromatic carbocycles. The van der Waals surface area contributed by atoms with Crippen LogP contribution in [0, 0.1) is 0 Å². The maximum atomic E-state index is 5.27. The van der Waals surface area contributed by atoms with E-state index in [1.807, 2.05) is 6.92 Å². The van der Waals surface area contributed by atoms with Crippen LogP contribution < -0.4 is 5.48 Å². The van der Waals surface area contributed by atoms with E-state index in [2.05, 4.69) is 36.2 Å². The van der Waals surface area contributed by atoms with Crippen LogP contribution in [-0.4, -0.2) is 36.1 Å². The third kappa shape index (κ3) is 2.14. The highest BCUT2D eigenvalue weighted by molar-refractivity contribution is 8.33. The highest BCUT2D eigenvalue weighted by atomic mass is 32.3. The first-order valence-corrected chi connectivity index (χ1v) is 7.00. The molecule has 12 heavy (non-hydrogen) atoms. The number of nitrogens with one attached hydrogen (secondary N) is 1. The number of rotatable bonds is 2. The summed E-state index contributed by atoms with van der Waals surface area (Å²) >= 11 is 0. The third-order valence-electron chi connectivity index (χ3n) is 2.06. The minimum Gasteiger partial charge on any atom is -0.390 e. The molecule has 2 unspecified atom stereocenters. The molecule has 0 bridgehead atoms. The van der Waals surface area contributed by atoms with Crippen LogP contribution in [0.5, 0.6) is 0 Å². The summed E-state index contributed by atoms with van der Waals surface area (Å²) < 4.78 is 0. The van der Waals surface area contributed by atoms with E-state index in [1.165, 1.54) is 0 Å². The Morgan fingerprint density at radius 1 is 1.50 bits per heavy atom. The Balaban J connectivity index is 2.65. The average Bonchev–Trinajstić information content (AvgIpc) is 2.32. The largest absolute Gasteiger partial charge is 0.390 e. The van der Waals surface area contributed by atoms with E-state index in [0.29, 0.717) is 5.25 Å². The molecule has 0 saturated carbocycles. The lowest BCUT2D eigenvalue weighted by molar-refractivity contribution is 0.182. The summed E-state index contributed by atoms with van der Waals surface area (Å²) in [7, 11) is -0.605. The molecule has 0 amide bonds. The van der Waals surface area contributed by atoms with Crippen molar-refractivity contribution < 1.29 is 4.84 Å². The fourth-order valence-corrected chi connectivity index (χ4v) is 1.59. The molecule has 4 heteroatoms. The summed E-state index contributed by atoms with van der Waals surface area (Å²) in [4.78, 5) is 9.63. The van der Waals surface area contributed by atoms with Crippen molar-refractivity contribution in [3.8, 4) is 0 Å². The molecule has 0 saturated heterocycles. The number of nitrogens with zero attached hydrogens (tertiary/aromatic N) is 1. The molecule has 0 fully saturated rings. The Morgan fingerprint density at radius 2 is 2.08 bits per heavy atom. The first-order chi connectivity index (χ1) is 5.41. The maximum Gasteiger partial charge on any atom is 0.222 e. The number of hydroxylamine groups is 1. The Morgan fingerprint density at radius 3 is 2.42 bits per heavy atom. The monoisotopic (exact) mass is 190 g/mol. The van der Waals surface area contributed by atoms with Crippen LogP contribution in [0.4, 0.5) is 0 Å². The summed E-state index contributed by atoms with van der Waals surface area (Å²) in [6, 6.07) is 0. The summed E-state index contributed by atoms with van der Waals surface area (Å²) in [6.07, 6.45) is 6.93. The van der Waals surface area contributed by atoms with Gasteiger partial charge in [-0.05, 0) is 32.6 Å². The smallest absolute Gasteiger partial charge is 0.222 e. The van der Waals surface area contributed by atoms with Crippen molar-refractivity contribution in [2.45, 2.75) is 25.3 Å². The summed E-state index contributed by atoms with van der Waals surface area (Å²) in [5.74, 6) is 0.866. The molecule has 1 aliphatic heterocycles. The highest BCUT2D eigenvalue weighted by Crippen LogP contribution is 2.41. The zero-order valence-electron chi connectivity index (χ0n) is 8.42. The van der Waals surface area contributed by atoms with Crippen molar-refractivity contribution in [2.75, 3.05) is 18.8 Å². The lowest BCUT2D eigenvalue weighted by Gasteiger charge is -2.31. The van der Waals surface area contributed by atoms with Gasteiger partial charge in [0.15, 0.2) is 0 Å². The van der Waals surface area contributed by atoms with Gasteiger partial charge in [0.25, 0.3) is 0 Å². The molecule has 2 atom stereocenters. The molecule has 0 spiro atoms. The summed E-state index contributed by atoms with van der Waals surface area (Å²) in [6.45, 7) is 4.16. The van der Waals surface area contributed by atoms with Gasteiger partial charge in [0, 0.05) is 0 Å². The fraction of sp³-hybridized carbons (Fsp3) is 0.875. The minimum absolute atomic E-state index is 0.115. The van der Waals surface area contributed by atoms with Gasteiger partial charge in [0.1, 0.15) is 6.17 Å². The predicted molar refractivity (Wildman–Crippen MR) is 55.9 cm³/mol. The van der Waals surface area contributed by atoms with Gasteiger partial charge in [0.2, 0.25) is 5.90 Å². The van der Waals surface area contributed by atoms with Gasteiger partial charge in [-0.25, -0.2) is 15.0 Å². The van der Waals surface area contributed by atoms with Gasteiger partial charge in [0.05, 0.1) is 5.25 Å². The molecular formula is C8H18N2OS. The molecule has 0 aliphatic carbocycles. The van der Waals surface area contributed by atoms with Crippen LogP contribution in [-0.2, 0) is 4.84 Å². The highest BCUT2D eigenvalue weighted by Gasteiger charge is 2.26. The molecule has 0 aromatic heterocycles. The van der Waals surface area contributed by atoms with Crippen molar-refractivity contribution in [3.63, 3.8) is 0 Å². The molecular weight excluding hydrogens is 172 g/mol. The second kappa shape index (κ2) is 3.26. The van der Waals surface area contributed by atoms with Gasteiger partial charge in [-0.15, -0.1) is 5.48 Å². The lowest BCUT2D eigenvalue weighted by Crippen LogP contribution is -2.25. The molecule has 72 valence electrons. The second-order valence-corrected chi connectivity index (χ2v) is 8.51. The van der Waals surface area contributed by atoms with Crippen LogP contribution in [0.1, 0.15) is 13.8 Å². The fourth-order valence-electron chi connectivity index (χ4n) is 0.880. The zero-order chi connectivity index (χ0) is 9.35.